The molecule has 1 fully saturated rings. The highest BCUT2D eigenvalue weighted by Crippen LogP contribution is 2.39. The van der Waals surface area contributed by atoms with Crippen LogP contribution in [0.1, 0.15) is 45.6 Å². The fraction of sp³-hybridized carbons (Fsp3) is 0.478. The summed E-state index contributed by atoms with van der Waals surface area (Å²) in [6, 6.07) is 6.45. The van der Waals surface area contributed by atoms with E-state index in [-0.39, 0.29) is 41.8 Å². The Morgan fingerprint density at radius 3 is 2.75 bits per heavy atom. The van der Waals surface area contributed by atoms with Gasteiger partial charge in [-0.05, 0) is 43.5 Å². The first-order valence-corrected chi connectivity index (χ1v) is 10.9. The number of hydrogen-bond acceptors (Lipinski definition) is 6. The van der Waals surface area contributed by atoms with Crippen LogP contribution in [0.15, 0.2) is 52.5 Å². The lowest BCUT2D eigenvalue weighted by Crippen LogP contribution is -2.50. The summed E-state index contributed by atoms with van der Waals surface area (Å²) in [4.78, 5) is 14.6. The SMILES string of the molecule is CC(=S)NC[C@H]1CN(C2(C)C=C(F)C(Nc3cccc(C(C)C)cc3=O)=C(F)C2)C(O)O1. The van der Waals surface area contributed by atoms with Crippen molar-refractivity contribution < 1.29 is 18.6 Å². The van der Waals surface area contributed by atoms with Crippen LogP contribution in [0.3, 0.4) is 0 Å². The van der Waals surface area contributed by atoms with Crippen LogP contribution >= 0.6 is 12.2 Å². The van der Waals surface area contributed by atoms with E-state index in [0.29, 0.717) is 11.5 Å². The second kappa shape index (κ2) is 9.74. The zero-order valence-corrected chi connectivity index (χ0v) is 19.4. The highest BCUT2D eigenvalue weighted by molar-refractivity contribution is 7.80. The van der Waals surface area contributed by atoms with E-state index in [2.05, 4.69) is 10.6 Å². The van der Waals surface area contributed by atoms with Gasteiger partial charge in [-0.1, -0.05) is 38.2 Å². The summed E-state index contributed by atoms with van der Waals surface area (Å²) in [5.74, 6) is -1.44. The van der Waals surface area contributed by atoms with Gasteiger partial charge in [0.1, 0.15) is 17.4 Å². The highest BCUT2D eigenvalue weighted by Gasteiger charge is 2.45. The fourth-order valence-electron chi connectivity index (χ4n) is 3.88. The topological polar surface area (TPSA) is 73.8 Å². The normalized spacial score (nSPS) is 26.3. The molecule has 0 saturated carbocycles. The van der Waals surface area contributed by atoms with Gasteiger partial charge >= 0.3 is 0 Å². The van der Waals surface area contributed by atoms with Crippen LogP contribution in [0.5, 0.6) is 0 Å². The first-order valence-electron chi connectivity index (χ1n) is 10.5. The third-order valence-corrected chi connectivity index (χ3v) is 5.86. The first kappa shape index (κ1) is 24.4. The highest BCUT2D eigenvalue weighted by atomic mass is 32.1. The molecule has 1 aliphatic carbocycles. The zero-order chi connectivity index (χ0) is 23.6. The van der Waals surface area contributed by atoms with Crippen molar-refractivity contribution in [2.75, 3.05) is 18.4 Å². The van der Waals surface area contributed by atoms with Gasteiger partial charge in [-0.15, -0.1) is 0 Å². The van der Waals surface area contributed by atoms with Crippen molar-refractivity contribution in [1.82, 2.24) is 10.2 Å². The van der Waals surface area contributed by atoms with E-state index in [9.17, 15) is 9.90 Å². The number of nitrogens with zero attached hydrogens (tertiary/aromatic N) is 1. The van der Waals surface area contributed by atoms with Crippen molar-refractivity contribution in [3.05, 3.63) is 63.5 Å². The molecule has 0 bridgehead atoms. The molecular weight excluding hydrogens is 436 g/mol. The number of anilines is 1. The van der Waals surface area contributed by atoms with E-state index in [4.69, 9.17) is 17.0 Å². The van der Waals surface area contributed by atoms with Gasteiger partial charge in [-0.2, -0.15) is 0 Å². The summed E-state index contributed by atoms with van der Waals surface area (Å²) < 4.78 is 35.7. The molecule has 3 rings (SSSR count). The van der Waals surface area contributed by atoms with Gasteiger partial charge in [0.05, 0.1) is 22.3 Å². The Labute approximate surface area is 192 Å². The average Bonchev–Trinajstić information content (AvgIpc) is 2.97. The molecule has 1 heterocycles. The maximum atomic E-state index is 15.1. The second-order valence-corrected chi connectivity index (χ2v) is 9.32. The number of thiocarbonyl (C=S) groups is 1. The Morgan fingerprint density at radius 2 is 2.12 bits per heavy atom. The van der Waals surface area contributed by atoms with Crippen molar-refractivity contribution in [3.8, 4) is 0 Å². The van der Waals surface area contributed by atoms with E-state index in [1.54, 1.807) is 26.0 Å². The molecule has 1 aliphatic heterocycles. The van der Waals surface area contributed by atoms with Crippen LogP contribution in [0.25, 0.3) is 0 Å². The second-order valence-electron chi connectivity index (χ2n) is 8.71. The lowest BCUT2D eigenvalue weighted by atomic mass is 9.89. The van der Waals surface area contributed by atoms with Crippen molar-refractivity contribution in [2.45, 2.75) is 58.1 Å². The lowest BCUT2D eigenvalue weighted by molar-refractivity contribution is -0.167. The predicted molar refractivity (Wildman–Crippen MR) is 125 cm³/mol. The largest absolute Gasteiger partial charge is 0.377 e. The van der Waals surface area contributed by atoms with Crippen LogP contribution < -0.4 is 16.1 Å². The Balaban J connectivity index is 1.80. The fourth-order valence-corrected chi connectivity index (χ4v) is 3.96. The van der Waals surface area contributed by atoms with Crippen LogP contribution in [0, 0.1) is 0 Å². The molecule has 2 aliphatic rings. The molecule has 0 radical (unpaired) electrons. The van der Waals surface area contributed by atoms with Crippen molar-refractivity contribution >= 4 is 22.9 Å². The monoisotopic (exact) mass is 465 g/mol. The van der Waals surface area contributed by atoms with Crippen molar-refractivity contribution in [3.63, 3.8) is 0 Å². The standard InChI is InChI=1S/C23H29F2N3O3S/c1-13(2)15-6-5-7-19(20(29)8-15)27-21-17(24)9-23(4,10-18(21)25)28-12-16(31-22(28)30)11-26-14(3)32/h5-9,13,16,22,30H,10-12H2,1-4H3,(H,26,32)(H,27,29)/t16-,22?,23?/m0/s1. The third-order valence-electron chi connectivity index (χ3n) is 5.72. The first-order chi connectivity index (χ1) is 15.0. The number of hydrogen-bond donors (Lipinski definition) is 3. The molecular formula is C23H29F2N3O3S. The summed E-state index contributed by atoms with van der Waals surface area (Å²) in [6.07, 6.45) is -0.636. The number of aliphatic hydroxyl groups is 1. The minimum Gasteiger partial charge on any atom is -0.377 e. The summed E-state index contributed by atoms with van der Waals surface area (Å²) in [6.45, 7) is 7.93. The van der Waals surface area contributed by atoms with E-state index in [1.165, 1.54) is 23.1 Å². The van der Waals surface area contributed by atoms with Crippen LogP contribution in [-0.4, -0.2) is 46.1 Å². The minimum atomic E-state index is -1.31. The molecule has 0 amide bonds. The molecule has 2 unspecified atom stereocenters. The van der Waals surface area contributed by atoms with Gasteiger partial charge < -0.3 is 20.5 Å². The number of ether oxygens (including phenoxy) is 1. The Hall–Kier alpha value is -2.20. The van der Waals surface area contributed by atoms with Crippen LogP contribution in [0.4, 0.5) is 14.5 Å². The van der Waals surface area contributed by atoms with Gasteiger partial charge in [-0.25, -0.2) is 13.7 Å². The quantitative estimate of drug-likeness (QED) is 0.554. The Kier molecular flexibility index (Phi) is 7.44. The van der Waals surface area contributed by atoms with Gasteiger partial charge in [0.15, 0.2) is 0 Å². The van der Waals surface area contributed by atoms with Gasteiger partial charge in [0.25, 0.3) is 0 Å². The number of aliphatic hydroxyl groups excluding tert-OH is 1. The predicted octanol–water partition coefficient (Wildman–Crippen LogP) is 3.69. The van der Waals surface area contributed by atoms with Gasteiger partial charge in [-0.3, -0.25) is 4.79 Å². The smallest absolute Gasteiger partial charge is 0.217 e. The molecule has 0 aromatic heterocycles. The molecule has 0 spiro atoms. The molecule has 1 aromatic carbocycles. The van der Waals surface area contributed by atoms with Crippen molar-refractivity contribution in [1.29, 1.82) is 0 Å². The molecule has 1 aromatic rings. The van der Waals surface area contributed by atoms with Crippen molar-refractivity contribution in [2.24, 2.45) is 0 Å². The van der Waals surface area contributed by atoms with E-state index < -0.39 is 23.6 Å². The van der Waals surface area contributed by atoms with Gasteiger partial charge in [0, 0.05) is 19.5 Å². The molecule has 1 saturated heterocycles. The number of nitrogens with one attached hydrogen (secondary N) is 2. The number of allylic oxidation sites excluding steroid dienone is 1. The summed E-state index contributed by atoms with van der Waals surface area (Å²) in [5.41, 5.74) is -0.957. The summed E-state index contributed by atoms with van der Waals surface area (Å²) >= 11 is 4.98. The number of halogens is 2. The van der Waals surface area contributed by atoms with Gasteiger partial charge in [0.2, 0.25) is 11.8 Å². The number of rotatable bonds is 6. The van der Waals surface area contributed by atoms with E-state index in [1.807, 2.05) is 13.8 Å². The van der Waals surface area contributed by atoms with E-state index >= 15 is 8.78 Å². The lowest BCUT2D eigenvalue weighted by Gasteiger charge is -2.39. The molecule has 3 N–H and O–H groups in total. The maximum Gasteiger partial charge on any atom is 0.217 e. The average molecular weight is 466 g/mol. The summed E-state index contributed by atoms with van der Waals surface area (Å²) in [5, 5.41) is 15.9. The Bertz CT molecular complexity index is 1010. The van der Waals surface area contributed by atoms with E-state index in [0.717, 1.165) is 5.56 Å². The summed E-state index contributed by atoms with van der Waals surface area (Å²) in [7, 11) is 0. The Morgan fingerprint density at radius 1 is 1.41 bits per heavy atom. The molecule has 9 heteroatoms. The molecule has 32 heavy (non-hydrogen) atoms. The third kappa shape index (κ3) is 5.40. The zero-order valence-electron chi connectivity index (χ0n) is 18.6. The maximum absolute atomic E-state index is 15.1. The molecule has 6 nitrogen and oxygen atoms in total. The van der Waals surface area contributed by atoms with Crippen LogP contribution in [-0.2, 0) is 4.74 Å². The molecule has 174 valence electrons. The molecule has 3 atom stereocenters. The van der Waals surface area contributed by atoms with Crippen LogP contribution in [0.2, 0.25) is 0 Å². The minimum absolute atomic E-state index is 0.0837.